The third-order valence-electron chi connectivity index (χ3n) is 2.40. The maximum atomic E-state index is 11.8. The highest BCUT2D eigenvalue weighted by Gasteiger charge is 2.21. The number of nitrogens with zero attached hydrogens (tertiary/aromatic N) is 3. The Morgan fingerprint density at radius 2 is 1.95 bits per heavy atom. The Morgan fingerprint density at radius 1 is 1.24 bits per heavy atom. The lowest BCUT2D eigenvalue weighted by atomic mass is 10.2. The number of halogens is 1. The van der Waals surface area contributed by atoms with Crippen molar-refractivity contribution in [2.24, 2.45) is 0 Å². The Balaban J connectivity index is 2.27. The summed E-state index contributed by atoms with van der Waals surface area (Å²) in [6.07, 6.45) is 0. The van der Waals surface area contributed by atoms with Gasteiger partial charge in [-0.15, -0.1) is 5.10 Å². The number of hydrogen-bond donors (Lipinski definition) is 2. The van der Waals surface area contributed by atoms with Crippen molar-refractivity contribution in [3.63, 3.8) is 0 Å². The molecule has 0 fully saturated rings. The van der Waals surface area contributed by atoms with E-state index in [2.05, 4.69) is 15.5 Å². The molecule has 2 rings (SSSR count). The van der Waals surface area contributed by atoms with Crippen LogP contribution in [0.1, 0.15) is 10.5 Å². The van der Waals surface area contributed by atoms with Gasteiger partial charge in [0, 0.05) is 11.1 Å². The van der Waals surface area contributed by atoms with Crippen LogP contribution in [0.4, 0.5) is 17.2 Å². The van der Waals surface area contributed by atoms with Crippen LogP contribution in [0.5, 0.6) is 0 Å². The van der Waals surface area contributed by atoms with E-state index in [1.54, 1.807) is 0 Å². The Morgan fingerprint density at radius 3 is 2.52 bits per heavy atom. The summed E-state index contributed by atoms with van der Waals surface area (Å²) in [5.74, 6) is -1.30. The van der Waals surface area contributed by atoms with Crippen molar-refractivity contribution in [2.75, 3.05) is 5.32 Å². The molecule has 11 heteroatoms. The fraction of sp³-hybridized carbons (Fsp3) is 0. The van der Waals surface area contributed by atoms with Gasteiger partial charge < -0.3 is 15.4 Å². The maximum absolute atomic E-state index is 11.8. The quantitative estimate of drug-likeness (QED) is 0.653. The van der Waals surface area contributed by atoms with E-state index in [-0.39, 0.29) is 16.4 Å². The molecule has 0 radical (unpaired) electrons. The smallest absolute Gasteiger partial charge is 0.343 e. The molecule has 0 saturated heterocycles. The van der Waals surface area contributed by atoms with Crippen molar-refractivity contribution in [1.82, 2.24) is 10.2 Å². The van der Waals surface area contributed by atoms with Crippen LogP contribution in [-0.2, 0) is 0 Å². The van der Waals surface area contributed by atoms with Crippen molar-refractivity contribution < 1.29 is 14.6 Å². The van der Waals surface area contributed by atoms with E-state index in [4.69, 9.17) is 11.6 Å². The number of nitro benzene ring substituents is 1. The highest BCUT2D eigenvalue weighted by atomic mass is 35.5. The molecule has 0 aliphatic heterocycles. The predicted molar refractivity (Wildman–Crippen MR) is 71.3 cm³/mol. The molecule has 1 amide bonds. The lowest BCUT2D eigenvalue weighted by Crippen LogP contribution is -2.13. The fourth-order valence-corrected chi connectivity index (χ4v) is 1.64. The van der Waals surface area contributed by atoms with Crippen LogP contribution in [0.25, 0.3) is 0 Å². The molecule has 2 N–H and O–H groups in total. The molecule has 1 aromatic heterocycles. The number of aromatic nitrogens is 2. The number of aromatic amines is 1. The highest BCUT2D eigenvalue weighted by Crippen LogP contribution is 2.28. The number of hydrogen-bond acceptors (Lipinski definition) is 6. The monoisotopic (exact) mass is 311 g/mol. The zero-order valence-corrected chi connectivity index (χ0v) is 10.8. The van der Waals surface area contributed by atoms with Crippen LogP contribution in [0, 0.1) is 20.2 Å². The molecule has 0 atom stereocenters. The van der Waals surface area contributed by atoms with Crippen molar-refractivity contribution in [1.29, 1.82) is 0 Å². The fourth-order valence-electron chi connectivity index (χ4n) is 1.47. The van der Waals surface area contributed by atoms with Gasteiger partial charge in [0.1, 0.15) is 5.69 Å². The molecule has 108 valence electrons. The van der Waals surface area contributed by atoms with Crippen LogP contribution < -0.4 is 5.32 Å². The number of amides is 1. The average Bonchev–Trinajstić information content (AvgIpc) is 2.90. The molecular weight excluding hydrogens is 306 g/mol. The number of nitrogens with one attached hydrogen (secondary N) is 2. The van der Waals surface area contributed by atoms with Gasteiger partial charge in [-0.1, -0.05) is 16.7 Å². The number of rotatable bonds is 4. The summed E-state index contributed by atoms with van der Waals surface area (Å²) in [5, 5.41) is 29.2. The first-order valence-electron chi connectivity index (χ1n) is 5.33. The average molecular weight is 312 g/mol. The summed E-state index contributed by atoms with van der Waals surface area (Å²) in [6, 6.07) is 4.60. The maximum Gasteiger partial charge on any atom is 0.343 e. The Hall–Kier alpha value is -3.01. The summed E-state index contributed by atoms with van der Waals surface area (Å²) in [4.78, 5) is 31.7. The van der Waals surface area contributed by atoms with Crippen LogP contribution in [-0.4, -0.2) is 26.0 Å². The van der Waals surface area contributed by atoms with Gasteiger partial charge in [-0.25, -0.2) is 0 Å². The van der Waals surface area contributed by atoms with Crippen LogP contribution >= 0.6 is 11.6 Å². The van der Waals surface area contributed by atoms with Crippen molar-refractivity contribution in [3.05, 3.63) is 55.2 Å². The summed E-state index contributed by atoms with van der Waals surface area (Å²) >= 11 is 5.64. The predicted octanol–water partition coefficient (Wildman–Crippen LogP) is 2.13. The van der Waals surface area contributed by atoms with Gasteiger partial charge in [-0.05, 0) is 17.1 Å². The molecule has 10 nitrogen and oxygen atoms in total. The molecular formula is C10H6ClN5O5. The summed E-state index contributed by atoms with van der Waals surface area (Å²) in [7, 11) is 0. The Kier molecular flexibility index (Phi) is 3.80. The normalized spacial score (nSPS) is 10.1. The topological polar surface area (TPSA) is 144 Å². The summed E-state index contributed by atoms with van der Waals surface area (Å²) in [5.41, 5.74) is -0.771. The Labute approximate surface area is 121 Å². The summed E-state index contributed by atoms with van der Waals surface area (Å²) in [6.45, 7) is 0. The first-order chi connectivity index (χ1) is 9.88. The van der Waals surface area contributed by atoms with Crippen LogP contribution in [0.3, 0.4) is 0 Å². The molecule has 0 aliphatic rings. The van der Waals surface area contributed by atoms with E-state index in [1.165, 1.54) is 12.1 Å². The third-order valence-corrected chi connectivity index (χ3v) is 2.63. The molecule has 1 heterocycles. The minimum absolute atomic E-state index is 0.0972. The number of nitro groups is 2. The van der Waals surface area contributed by atoms with Crippen LogP contribution in [0.15, 0.2) is 24.3 Å². The second-order valence-corrected chi connectivity index (χ2v) is 4.20. The highest BCUT2D eigenvalue weighted by molar-refractivity contribution is 6.31. The van der Waals surface area contributed by atoms with E-state index < -0.39 is 27.3 Å². The molecule has 0 aliphatic carbocycles. The standard InChI is InChI=1S/C10H6ClN5O5/c11-5-1-2-6(8(3-5)15(18)19)12-10(17)7-4-9(14-13-7)16(20)21/h1-4H,(H,12,17)(H,13,14). The largest absolute Gasteiger partial charge is 0.358 e. The number of anilines is 1. The van der Waals surface area contributed by atoms with E-state index in [0.717, 1.165) is 12.1 Å². The first kappa shape index (κ1) is 14.4. The lowest BCUT2D eigenvalue weighted by Gasteiger charge is -2.04. The number of carbonyl (C=O) groups excluding carboxylic acids is 1. The van der Waals surface area contributed by atoms with Crippen molar-refractivity contribution in [3.8, 4) is 0 Å². The van der Waals surface area contributed by atoms with Gasteiger partial charge in [-0.2, -0.15) is 0 Å². The molecule has 2 aromatic rings. The zero-order chi connectivity index (χ0) is 15.6. The molecule has 0 unspecified atom stereocenters. The van der Waals surface area contributed by atoms with Crippen molar-refractivity contribution >= 4 is 34.7 Å². The minimum Gasteiger partial charge on any atom is -0.358 e. The molecule has 1 aromatic carbocycles. The summed E-state index contributed by atoms with van der Waals surface area (Å²) < 4.78 is 0. The SMILES string of the molecule is O=C(Nc1ccc(Cl)cc1[N+](=O)[O-])c1cc([N+](=O)[O-])[nH]n1. The first-order valence-corrected chi connectivity index (χ1v) is 5.71. The molecule has 0 saturated carbocycles. The van der Waals surface area contributed by atoms with E-state index in [9.17, 15) is 25.0 Å². The van der Waals surface area contributed by atoms with Crippen LogP contribution in [0.2, 0.25) is 5.02 Å². The van der Waals surface area contributed by atoms with E-state index in [0.29, 0.717) is 0 Å². The second kappa shape index (κ2) is 5.54. The Bertz CT molecular complexity index is 743. The second-order valence-electron chi connectivity index (χ2n) is 3.77. The molecule has 21 heavy (non-hydrogen) atoms. The zero-order valence-electron chi connectivity index (χ0n) is 10.1. The van der Waals surface area contributed by atoms with Gasteiger partial charge in [0.15, 0.2) is 5.69 Å². The number of carbonyl (C=O) groups is 1. The van der Waals surface area contributed by atoms with Gasteiger partial charge in [0.2, 0.25) is 0 Å². The van der Waals surface area contributed by atoms with Gasteiger partial charge in [-0.3, -0.25) is 14.9 Å². The number of H-pyrrole nitrogens is 1. The van der Waals surface area contributed by atoms with E-state index >= 15 is 0 Å². The van der Waals surface area contributed by atoms with Crippen molar-refractivity contribution in [2.45, 2.75) is 0 Å². The van der Waals surface area contributed by atoms with E-state index in [1.807, 2.05) is 0 Å². The third kappa shape index (κ3) is 3.12. The number of benzene rings is 1. The van der Waals surface area contributed by atoms with Gasteiger partial charge in [0.25, 0.3) is 11.6 Å². The van der Waals surface area contributed by atoms with Gasteiger partial charge >= 0.3 is 5.82 Å². The minimum atomic E-state index is -0.829. The lowest BCUT2D eigenvalue weighted by molar-refractivity contribution is -0.389. The molecule has 0 spiro atoms. The van der Waals surface area contributed by atoms with Gasteiger partial charge in [0.05, 0.1) is 11.0 Å². The molecule has 0 bridgehead atoms.